The van der Waals surface area contributed by atoms with Crippen molar-refractivity contribution in [3.8, 4) is 11.5 Å². The van der Waals surface area contributed by atoms with Crippen LogP contribution in [-0.4, -0.2) is 21.8 Å². The summed E-state index contributed by atoms with van der Waals surface area (Å²) in [6, 6.07) is 3.89. The van der Waals surface area contributed by atoms with Gasteiger partial charge in [0.25, 0.3) is 0 Å². The maximum Gasteiger partial charge on any atom is 0.202 e. The minimum Gasteiger partial charge on any atom is -0.507 e. The third-order valence-electron chi connectivity index (χ3n) is 3.41. The molecule has 0 heterocycles. The Morgan fingerprint density at radius 1 is 0.857 bits per heavy atom. The van der Waals surface area contributed by atoms with E-state index < -0.39 is 17.3 Å². The van der Waals surface area contributed by atoms with E-state index in [4.69, 9.17) is 11.5 Å². The number of nitrogens with two attached hydrogens (primary N) is 2. The Hall–Kier alpha value is -2.54. The maximum absolute atomic E-state index is 12.6. The van der Waals surface area contributed by atoms with Crippen molar-refractivity contribution in [1.29, 1.82) is 0 Å². The Kier molecular flexibility index (Phi) is 2.70. The van der Waals surface area contributed by atoms with Crippen LogP contribution in [0.1, 0.15) is 31.8 Å². The second-order valence-corrected chi connectivity index (χ2v) is 5.48. The van der Waals surface area contributed by atoms with Crippen LogP contribution < -0.4 is 11.5 Å². The molecule has 3 rings (SSSR count). The number of carbonyl (C=O) groups excluding carboxylic acids is 2. The van der Waals surface area contributed by atoms with Gasteiger partial charge in [-0.15, -0.1) is 0 Å². The maximum atomic E-state index is 12.6. The second kappa shape index (κ2) is 4.23. The number of benzene rings is 2. The van der Waals surface area contributed by atoms with E-state index in [1.54, 1.807) is 0 Å². The van der Waals surface area contributed by atoms with Gasteiger partial charge in [-0.2, -0.15) is 0 Å². The first-order chi connectivity index (χ1) is 9.84. The molecule has 0 bridgehead atoms. The van der Waals surface area contributed by atoms with Gasteiger partial charge in [0.2, 0.25) is 5.78 Å². The summed E-state index contributed by atoms with van der Waals surface area (Å²) in [6.07, 6.45) is 0. The quantitative estimate of drug-likeness (QED) is 0.362. The number of fused-ring (bicyclic) bond motifs is 2. The van der Waals surface area contributed by atoms with Gasteiger partial charge in [-0.1, -0.05) is 0 Å². The number of aromatic hydroxyl groups is 2. The summed E-state index contributed by atoms with van der Waals surface area (Å²) in [6.45, 7) is 0. The van der Waals surface area contributed by atoms with Crippen molar-refractivity contribution in [3.05, 3.63) is 44.9 Å². The number of phenols is 2. The van der Waals surface area contributed by atoms with E-state index in [-0.39, 0.29) is 43.9 Å². The van der Waals surface area contributed by atoms with E-state index >= 15 is 0 Å². The highest BCUT2D eigenvalue weighted by molar-refractivity contribution is 9.10. The second-order valence-electron chi connectivity index (χ2n) is 4.63. The molecule has 1 aliphatic rings. The summed E-state index contributed by atoms with van der Waals surface area (Å²) in [5, 5.41) is 19.9. The third kappa shape index (κ3) is 1.64. The summed E-state index contributed by atoms with van der Waals surface area (Å²) in [7, 11) is 0. The molecule has 0 aliphatic heterocycles. The minimum atomic E-state index is -0.699. The molecule has 6 nitrogen and oxygen atoms in total. The average Bonchev–Trinajstić information content (AvgIpc) is 2.42. The van der Waals surface area contributed by atoms with Crippen LogP contribution in [0.2, 0.25) is 0 Å². The van der Waals surface area contributed by atoms with Gasteiger partial charge in [0.05, 0.1) is 26.7 Å². The fourth-order valence-corrected chi connectivity index (χ4v) is 2.90. The SMILES string of the molecule is Nc1ccc(O)c2c1C(=O)c1c(N)cc(Br)c(O)c1C2=O. The molecule has 1 aliphatic carbocycles. The summed E-state index contributed by atoms with van der Waals surface area (Å²) in [5.74, 6) is -2.07. The number of hydrogen-bond donors (Lipinski definition) is 4. The first-order valence-electron chi connectivity index (χ1n) is 5.86. The zero-order chi connectivity index (χ0) is 15.5. The average molecular weight is 349 g/mol. The van der Waals surface area contributed by atoms with Gasteiger partial charge in [0.15, 0.2) is 5.78 Å². The lowest BCUT2D eigenvalue weighted by molar-refractivity contribution is 0.0975. The van der Waals surface area contributed by atoms with Crippen LogP contribution >= 0.6 is 15.9 Å². The molecular formula is C14H9BrN2O4. The number of anilines is 2. The highest BCUT2D eigenvalue weighted by Crippen LogP contribution is 2.43. The molecule has 2 aromatic rings. The first kappa shape index (κ1) is 13.4. The topological polar surface area (TPSA) is 127 Å². The molecule has 0 spiro atoms. The molecule has 0 radical (unpaired) electrons. The van der Waals surface area contributed by atoms with Gasteiger partial charge in [0.1, 0.15) is 11.5 Å². The van der Waals surface area contributed by atoms with Gasteiger partial charge in [-0.3, -0.25) is 9.59 Å². The van der Waals surface area contributed by atoms with E-state index in [0.29, 0.717) is 0 Å². The third-order valence-corrected chi connectivity index (χ3v) is 4.01. The molecule has 0 saturated carbocycles. The number of halogens is 1. The molecular weight excluding hydrogens is 340 g/mol. The van der Waals surface area contributed by atoms with Gasteiger partial charge in [0, 0.05) is 11.4 Å². The smallest absolute Gasteiger partial charge is 0.202 e. The fraction of sp³-hybridized carbons (Fsp3) is 0. The van der Waals surface area contributed by atoms with Crippen molar-refractivity contribution in [2.75, 3.05) is 11.5 Å². The molecule has 0 unspecified atom stereocenters. The lowest BCUT2D eigenvalue weighted by Crippen LogP contribution is -2.24. The molecule has 2 aromatic carbocycles. The Labute approximate surface area is 127 Å². The highest BCUT2D eigenvalue weighted by atomic mass is 79.9. The highest BCUT2D eigenvalue weighted by Gasteiger charge is 2.37. The molecule has 6 N–H and O–H groups in total. The van der Waals surface area contributed by atoms with Gasteiger partial charge in [-0.05, 0) is 34.1 Å². The molecule has 0 aromatic heterocycles. The number of rotatable bonds is 0. The predicted molar refractivity (Wildman–Crippen MR) is 79.6 cm³/mol. The molecule has 106 valence electrons. The van der Waals surface area contributed by atoms with Crippen molar-refractivity contribution < 1.29 is 19.8 Å². The molecule has 21 heavy (non-hydrogen) atoms. The fourth-order valence-electron chi connectivity index (χ4n) is 2.46. The van der Waals surface area contributed by atoms with E-state index in [2.05, 4.69) is 15.9 Å². The lowest BCUT2D eigenvalue weighted by Gasteiger charge is -2.22. The monoisotopic (exact) mass is 348 g/mol. The van der Waals surface area contributed by atoms with Gasteiger partial charge in [-0.25, -0.2) is 0 Å². The van der Waals surface area contributed by atoms with Crippen LogP contribution in [0.15, 0.2) is 22.7 Å². The zero-order valence-electron chi connectivity index (χ0n) is 10.5. The van der Waals surface area contributed by atoms with Crippen LogP contribution in [0.3, 0.4) is 0 Å². The van der Waals surface area contributed by atoms with Crippen molar-refractivity contribution in [3.63, 3.8) is 0 Å². The standard InChI is InChI=1S/C14H9BrN2O4/c15-4-3-6(17)9-11(12(4)19)14(21)10-7(18)2-1-5(16)8(10)13(9)20/h1-3,18-19H,16-17H2. The summed E-state index contributed by atoms with van der Waals surface area (Å²) >= 11 is 3.06. The van der Waals surface area contributed by atoms with Crippen molar-refractivity contribution in [1.82, 2.24) is 0 Å². The molecule has 0 fully saturated rings. The molecule has 0 saturated heterocycles. The van der Waals surface area contributed by atoms with Crippen LogP contribution in [0.5, 0.6) is 11.5 Å². The van der Waals surface area contributed by atoms with Crippen LogP contribution in [0.4, 0.5) is 11.4 Å². The number of ketones is 2. The summed E-state index contributed by atoms with van der Waals surface area (Å²) in [5.41, 5.74) is 11.0. The summed E-state index contributed by atoms with van der Waals surface area (Å²) < 4.78 is 0.187. The van der Waals surface area contributed by atoms with Crippen LogP contribution in [-0.2, 0) is 0 Å². The van der Waals surface area contributed by atoms with E-state index in [1.807, 2.05) is 0 Å². The van der Waals surface area contributed by atoms with Crippen molar-refractivity contribution >= 4 is 38.9 Å². The normalized spacial score (nSPS) is 13.0. The Balaban J connectivity index is 2.47. The first-order valence-corrected chi connectivity index (χ1v) is 6.65. The van der Waals surface area contributed by atoms with Crippen LogP contribution in [0.25, 0.3) is 0 Å². The Bertz CT molecular complexity index is 846. The lowest BCUT2D eigenvalue weighted by atomic mass is 9.81. The van der Waals surface area contributed by atoms with E-state index in [0.717, 1.165) is 0 Å². The Morgan fingerprint density at radius 2 is 1.43 bits per heavy atom. The molecule has 0 amide bonds. The van der Waals surface area contributed by atoms with Gasteiger partial charge < -0.3 is 21.7 Å². The number of carbonyl (C=O) groups is 2. The van der Waals surface area contributed by atoms with E-state index in [9.17, 15) is 19.8 Å². The van der Waals surface area contributed by atoms with Crippen LogP contribution in [0, 0.1) is 0 Å². The number of nitrogen functional groups attached to an aromatic ring is 2. The van der Waals surface area contributed by atoms with E-state index in [1.165, 1.54) is 18.2 Å². The molecule has 0 atom stereocenters. The van der Waals surface area contributed by atoms with Gasteiger partial charge >= 0.3 is 0 Å². The number of hydrogen-bond acceptors (Lipinski definition) is 6. The zero-order valence-corrected chi connectivity index (χ0v) is 12.1. The summed E-state index contributed by atoms with van der Waals surface area (Å²) in [4.78, 5) is 25.1. The van der Waals surface area contributed by atoms with Crippen molar-refractivity contribution in [2.45, 2.75) is 0 Å². The molecule has 7 heteroatoms. The largest absolute Gasteiger partial charge is 0.507 e. The Morgan fingerprint density at radius 3 is 2.10 bits per heavy atom. The number of phenolic OH excluding ortho intramolecular Hbond substituents is 2. The van der Waals surface area contributed by atoms with Crippen molar-refractivity contribution in [2.24, 2.45) is 0 Å². The minimum absolute atomic E-state index is 0.0430. The predicted octanol–water partition coefficient (Wildman–Crippen LogP) is 1.80.